The van der Waals surface area contributed by atoms with Crippen LogP contribution in [0.25, 0.3) is 0 Å². The molecule has 1 heterocycles. The minimum Gasteiger partial charge on any atom is -0.370 e. The molecule has 0 saturated carbocycles. The molecule has 0 bridgehead atoms. The van der Waals surface area contributed by atoms with Gasteiger partial charge < -0.3 is 14.6 Å². The third-order valence-electron chi connectivity index (χ3n) is 1.80. The van der Waals surface area contributed by atoms with Crippen LogP contribution in [0.3, 0.4) is 0 Å². The van der Waals surface area contributed by atoms with Crippen LogP contribution in [0.5, 0.6) is 0 Å². The van der Waals surface area contributed by atoms with E-state index in [9.17, 15) is 0 Å². The lowest BCUT2D eigenvalue weighted by Crippen LogP contribution is -2.05. The predicted molar refractivity (Wildman–Crippen MR) is 53.1 cm³/mol. The van der Waals surface area contributed by atoms with Crippen molar-refractivity contribution in [2.24, 2.45) is 0 Å². The predicted octanol–water partition coefficient (Wildman–Crippen LogP) is 1.99. The zero-order valence-electron chi connectivity index (χ0n) is 8.91. The topological polar surface area (TPSA) is 60.2 Å². The number of ether oxygens (including phenoxy) is 1. The van der Waals surface area contributed by atoms with Gasteiger partial charge in [-0.3, -0.25) is 0 Å². The Morgan fingerprint density at radius 2 is 2.21 bits per heavy atom. The number of hydrogen-bond donors (Lipinski definition) is 1. The number of nitrogens with one attached hydrogen (secondary N) is 1. The Hall–Kier alpha value is -1.10. The molecule has 5 nitrogen and oxygen atoms in total. The number of nitrogens with zero attached hydrogens (tertiary/aromatic N) is 2. The largest absolute Gasteiger partial charge is 0.370 e. The number of anilines is 1. The molecule has 1 N–H and O–H groups in total. The molecule has 0 fully saturated rings. The second kappa shape index (κ2) is 5.59. The van der Waals surface area contributed by atoms with Crippen LogP contribution in [0.4, 0.5) is 6.01 Å². The van der Waals surface area contributed by atoms with E-state index in [1.54, 1.807) is 0 Å². The van der Waals surface area contributed by atoms with E-state index in [4.69, 9.17) is 9.26 Å². The summed E-state index contributed by atoms with van der Waals surface area (Å²) in [5.74, 6) is 0.616. The fourth-order valence-electron chi connectivity index (χ4n) is 1.16. The van der Waals surface area contributed by atoms with Gasteiger partial charge in [-0.05, 0) is 20.3 Å². The van der Waals surface area contributed by atoms with E-state index in [2.05, 4.69) is 15.5 Å². The molecule has 0 radical (unpaired) electrons. The molecule has 0 aromatic carbocycles. The second-order valence-electron chi connectivity index (χ2n) is 2.84. The van der Waals surface area contributed by atoms with Gasteiger partial charge in [-0.2, -0.15) is 4.98 Å². The third-order valence-corrected chi connectivity index (χ3v) is 1.80. The van der Waals surface area contributed by atoms with Crippen molar-refractivity contribution in [3.8, 4) is 0 Å². The van der Waals surface area contributed by atoms with Crippen molar-refractivity contribution in [3.05, 3.63) is 5.82 Å². The van der Waals surface area contributed by atoms with E-state index in [-0.39, 0.29) is 6.10 Å². The zero-order valence-corrected chi connectivity index (χ0v) is 8.91. The summed E-state index contributed by atoms with van der Waals surface area (Å²) in [6.45, 7) is 7.39. The lowest BCUT2D eigenvalue weighted by Gasteiger charge is -2.09. The van der Waals surface area contributed by atoms with Crippen molar-refractivity contribution >= 4 is 6.01 Å². The van der Waals surface area contributed by atoms with Crippen LogP contribution < -0.4 is 5.32 Å². The van der Waals surface area contributed by atoms with Gasteiger partial charge in [0.05, 0.1) is 0 Å². The Labute approximate surface area is 83.8 Å². The molecule has 0 aliphatic rings. The standard InChI is InChI=1S/C9H17N3O2/c1-4-7(13-6-3)8-11-9(10-5-2)14-12-8/h7H,4-6H2,1-3H3,(H,10,11,12). The van der Waals surface area contributed by atoms with Crippen LogP contribution in [0.2, 0.25) is 0 Å². The number of hydrogen-bond acceptors (Lipinski definition) is 5. The third kappa shape index (κ3) is 2.70. The van der Waals surface area contributed by atoms with E-state index in [0.717, 1.165) is 13.0 Å². The number of rotatable bonds is 6. The molecule has 0 aliphatic carbocycles. The van der Waals surface area contributed by atoms with Gasteiger partial charge in [0.15, 0.2) is 0 Å². The summed E-state index contributed by atoms with van der Waals surface area (Å²) in [6, 6.07) is 0.459. The molecule has 5 heteroatoms. The molecule has 14 heavy (non-hydrogen) atoms. The molecule has 0 amide bonds. The van der Waals surface area contributed by atoms with Gasteiger partial charge in [0.2, 0.25) is 5.82 Å². The van der Waals surface area contributed by atoms with Crippen molar-refractivity contribution in [3.63, 3.8) is 0 Å². The lowest BCUT2D eigenvalue weighted by atomic mass is 10.2. The maximum atomic E-state index is 5.46. The molecule has 1 unspecified atom stereocenters. The van der Waals surface area contributed by atoms with E-state index < -0.39 is 0 Å². The Morgan fingerprint density at radius 1 is 1.43 bits per heavy atom. The lowest BCUT2D eigenvalue weighted by molar-refractivity contribution is 0.0518. The highest BCUT2D eigenvalue weighted by atomic mass is 16.5. The van der Waals surface area contributed by atoms with E-state index in [0.29, 0.717) is 18.4 Å². The van der Waals surface area contributed by atoms with Crippen molar-refractivity contribution in [1.82, 2.24) is 10.1 Å². The maximum Gasteiger partial charge on any atom is 0.321 e. The monoisotopic (exact) mass is 199 g/mol. The second-order valence-corrected chi connectivity index (χ2v) is 2.84. The highest BCUT2D eigenvalue weighted by Gasteiger charge is 2.16. The Bertz CT molecular complexity index is 262. The van der Waals surface area contributed by atoms with Crippen molar-refractivity contribution < 1.29 is 9.26 Å². The van der Waals surface area contributed by atoms with Gasteiger partial charge in [-0.15, -0.1) is 0 Å². The minimum atomic E-state index is -0.0591. The van der Waals surface area contributed by atoms with E-state index in [1.807, 2.05) is 20.8 Å². The van der Waals surface area contributed by atoms with E-state index in [1.165, 1.54) is 0 Å². The molecule has 0 aliphatic heterocycles. The molecule has 0 saturated heterocycles. The summed E-state index contributed by atoms with van der Waals surface area (Å²) in [6.07, 6.45) is 0.787. The summed E-state index contributed by atoms with van der Waals surface area (Å²) in [4.78, 5) is 4.18. The normalized spacial score (nSPS) is 12.8. The van der Waals surface area contributed by atoms with Gasteiger partial charge in [-0.25, -0.2) is 0 Å². The smallest absolute Gasteiger partial charge is 0.321 e. The van der Waals surface area contributed by atoms with Crippen molar-refractivity contribution in [2.45, 2.75) is 33.3 Å². The molecule has 1 aromatic heterocycles. The summed E-state index contributed by atoms with van der Waals surface area (Å²) in [5.41, 5.74) is 0. The highest BCUT2D eigenvalue weighted by Crippen LogP contribution is 2.18. The molecular formula is C9H17N3O2. The van der Waals surface area contributed by atoms with Crippen molar-refractivity contribution in [2.75, 3.05) is 18.5 Å². The maximum absolute atomic E-state index is 5.46. The highest BCUT2D eigenvalue weighted by molar-refractivity contribution is 5.17. The molecular weight excluding hydrogens is 182 g/mol. The molecule has 80 valence electrons. The fraction of sp³-hybridized carbons (Fsp3) is 0.778. The SMILES string of the molecule is CCNc1nc(C(CC)OCC)no1. The summed E-state index contributed by atoms with van der Waals surface area (Å²) >= 11 is 0. The van der Waals surface area contributed by atoms with Crippen LogP contribution >= 0.6 is 0 Å². The quantitative estimate of drug-likeness (QED) is 0.759. The van der Waals surface area contributed by atoms with Gasteiger partial charge in [0.25, 0.3) is 0 Å². The molecule has 1 rings (SSSR count). The summed E-state index contributed by atoms with van der Waals surface area (Å²) in [5, 5.41) is 6.80. The molecule has 1 atom stereocenters. The Morgan fingerprint density at radius 3 is 2.79 bits per heavy atom. The molecule has 1 aromatic rings. The van der Waals surface area contributed by atoms with Crippen LogP contribution in [-0.2, 0) is 4.74 Å². The number of aromatic nitrogens is 2. The van der Waals surface area contributed by atoms with E-state index >= 15 is 0 Å². The Balaban J connectivity index is 2.63. The van der Waals surface area contributed by atoms with Gasteiger partial charge in [-0.1, -0.05) is 12.1 Å². The van der Waals surface area contributed by atoms with Crippen LogP contribution in [0.1, 0.15) is 39.1 Å². The first-order valence-corrected chi connectivity index (χ1v) is 5.00. The summed E-state index contributed by atoms with van der Waals surface area (Å²) in [7, 11) is 0. The van der Waals surface area contributed by atoms with Crippen LogP contribution in [-0.4, -0.2) is 23.3 Å². The van der Waals surface area contributed by atoms with Gasteiger partial charge >= 0.3 is 6.01 Å². The average Bonchev–Trinajstić information content (AvgIpc) is 2.63. The zero-order chi connectivity index (χ0) is 10.4. The van der Waals surface area contributed by atoms with Crippen LogP contribution in [0.15, 0.2) is 4.52 Å². The molecule has 0 spiro atoms. The minimum absolute atomic E-state index is 0.0591. The first kappa shape index (κ1) is 11.0. The van der Waals surface area contributed by atoms with Gasteiger partial charge in [0, 0.05) is 13.2 Å². The fourth-order valence-corrected chi connectivity index (χ4v) is 1.16. The van der Waals surface area contributed by atoms with Crippen LogP contribution in [0, 0.1) is 0 Å². The van der Waals surface area contributed by atoms with Crippen molar-refractivity contribution in [1.29, 1.82) is 0 Å². The first-order chi connectivity index (χ1) is 6.81. The Kier molecular flexibility index (Phi) is 4.39. The van der Waals surface area contributed by atoms with Gasteiger partial charge in [0.1, 0.15) is 6.10 Å². The summed E-state index contributed by atoms with van der Waals surface area (Å²) < 4.78 is 10.4. The first-order valence-electron chi connectivity index (χ1n) is 5.00. The average molecular weight is 199 g/mol.